The summed E-state index contributed by atoms with van der Waals surface area (Å²) in [5, 5.41) is 0. The molecule has 0 aliphatic heterocycles. The maximum atomic E-state index is 4.03. The molecule has 0 aliphatic carbocycles. The third kappa shape index (κ3) is 6.61. The smallest absolute Gasteiger partial charge is 0.0326 e. The normalized spacial score (nSPS) is 16.6. The van der Waals surface area contributed by atoms with E-state index in [9.17, 15) is 0 Å². The van der Waals surface area contributed by atoms with E-state index >= 15 is 0 Å². The van der Waals surface area contributed by atoms with Crippen molar-refractivity contribution in [3.63, 3.8) is 0 Å². The van der Waals surface area contributed by atoms with Crippen molar-refractivity contribution in [2.45, 2.75) is 80.1 Å². The first-order chi connectivity index (χ1) is 8.43. The van der Waals surface area contributed by atoms with Crippen LogP contribution in [0.4, 0.5) is 0 Å². The van der Waals surface area contributed by atoms with Crippen LogP contribution in [0.1, 0.15) is 80.1 Å². The van der Waals surface area contributed by atoms with Gasteiger partial charge in [0.15, 0.2) is 0 Å². The molecule has 0 bridgehead atoms. The predicted molar refractivity (Wildman–Crippen MR) is 84.8 cm³/mol. The molecule has 0 nitrogen and oxygen atoms in total. The molecular weight excluding hydrogens is 216 g/mol. The fraction of sp³-hybridized carbons (Fsp3) is 0.889. The fourth-order valence-electron chi connectivity index (χ4n) is 3.24. The Bertz CT molecular complexity index is 214. The van der Waals surface area contributed by atoms with Crippen molar-refractivity contribution >= 4 is 0 Å². The van der Waals surface area contributed by atoms with Gasteiger partial charge in [0.1, 0.15) is 0 Å². The first-order valence-electron chi connectivity index (χ1n) is 8.08. The van der Waals surface area contributed by atoms with Gasteiger partial charge in [-0.25, -0.2) is 0 Å². The van der Waals surface area contributed by atoms with Crippen LogP contribution in [-0.2, 0) is 0 Å². The molecule has 0 saturated heterocycles. The second-order valence-electron chi connectivity index (χ2n) is 6.57. The van der Waals surface area contributed by atoms with E-state index in [0.717, 1.165) is 23.7 Å². The molecule has 3 unspecified atom stereocenters. The van der Waals surface area contributed by atoms with E-state index in [1.54, 1.807) is 0 Å². The zero-order valence-electron chi connectivity index (χ0n) is 13.8. The molecule has 0 spiro atoms. The molecular formula is C18H36. The Hall–Kier alpha value is -0.260. The van der Waals surface area contributed by atoms with Gasteiger partial charge in [-0.05, 0) is 49.9 Å². The third-order valence-electron chi connectivity index (χ3n) is 4.64. The molecule has 0 rings (SSSR count). The number of rotatable bonds is 10. The van der Waals surface area contributed by atoms with Crippen molar-refractivity contribution in [3.8, 4) is 0 Å². The molecule has 0 aromatic carbocycles. The van der Waals surface area contributed by atoms with Gasteiger partial charge in [0.2, 0.25) is 0 Å². The zero-order valence-corrected chi connectivity index (χ0v) is 13.8. The lowest BCUT2D eigenvalue weighted by Crippen LogP contribution is -2.25. The molecule has 0 heterocycles. The summed E-state index contributed by atoms with van der Waals surface area (Å²) < 4.78 is 0. The molecule has 0 amide bonds. The van der Waals surface area contributed by atoms with E-state index in [1.165, 1.54) is 44.1 Å². The Kier molecular flexibility index (Phi) is 9.50. The van der Waals surface area contributed by atoms with E-state index in [-0.39, 0.29) is 0 Å². The van der Waals surface area contributed by atoms with Crippen molar-refractivity contribution in [3.05, 3.63) is 12.2 Å². The topological polar surface area (TPSA) is 0 Å². The van der Waals surface area contributed by atoms with E-state index < -0.39 is 0 Å². The molecule has 0 aromatic rings. The number of hydrogen-bond acceptors (Lipinski definition) is 0. The van der Waals surface area contributed by atoms with E-state index in [0.29, 0.717) is 0 Å². The van der Waals surface area contributed by atoms with Crippen LogP contribution in [0.25, 0.3) is 0 Å². The minimum absolute atomic E-state index is 0.815. The van der Waals surface area contributed by atoms with Crippen LogP contribution in [0, 0.1) is 23.7 Å². The third-order valence-corrected chi connectivity index (χ3v) is 4.64. The lowest BCUT2D eigenvalue weighted by atomic mass is 9.72. The molecule has 0 heteroatoms. The van der Waals surface area contributed by atoms with Gasteiger partial charge >= 0.3 is 0 Å². The maximum absolute atomic E-state index is 4.03. The molecule has 108 valence electrons. The van der Waals surface area contributed by atoms with Crippen molar-refractivity contribution in [1.29, 1.82) is 0 Å². The second kappa shape index (κ2) is 9.64. The van der Waals surface area contributed by atoms with E-state index in [1.807, 2.05) is 0 Å². The summed E-state index contributed by atoms with van der Waals surface area (Å²) in [5.41, 5.74) is 1.34. The average Bonchev–Trinajstić information content (AvgIpc) is 2.29. The first-order valence-corrected chi connectivity index (χ1v) is 8.08. The van der Waals surface area contributed by atoms with Crippen molar-refractivity contribution in [1.82, 2.24) is 0 Å². The summed E-state index contributed by atoms with van der Waals surface area (Å²) in [4.78, 5) is 0. The highest BCUT2D eigenvalue weighted by atomic mass is 14.3. The van der Waals surface area contributed by atoms with Crippen LogP contribution >= 0.6 is 0 Å². The zero-order chi connectivity index (χ0) is 14.1. The van der Waals surface area contributed by atoms with Crippen LogP contribution in [0.5, 0.6) is 0 Å². The van der Waals surface area contributed by atoms with Gasteiger partial charge in [0, 0.05) is 0 Å². The summed E-state index contributed by atoms with van der Waals surface area (Å²) in [5.74, 6) is 3.51. The van der Waals surface area contributed by atoms with Crippen LogP contribution in [0.3, 0.4) is 0 Å². The lowest BCUT2D eigenvalue weighted by molar-refractivity contribution is 0.166. The van der Waals surface area contributed by atoms with Crippen LogP contribution < -0.4 is 0 Å². The summed E-state index contributed by atoms with van der Waals surface area (Å²) in [7, 11) is 0. The molecule has 0 saturated carbocycles. The van der Waals surface area contributed by atoms with Gasteiger partial charge < -0.3 is 0 Å². The summed E-state index contributed by atoms with van der Waals surface area (Å²) in [6, 6.07) is 0. The highest BCUT2D eigenvalue weighted by molar-refractivity contribution is 4.88. The largest absolute Gasteiger partial charge is 0.100 e. The van der Waals surface area contributed by atoms with Crippen molar-refractivity contribution < 1.29 is 0 Å². The minimum Gasteiger partial charge on any atom is -0.100 e. The van der Waals surface area contributed by atoms with Gasteiger partial charge in [0.05, 0.1) is 0 Å². The fourth-order valence-corrected chi connectivity index (χ4v) is 3.24. The molecule has 0 radical (unpaired) electrons. The monoisotopic (exact) mass is 252 g/mol. The Morgan fingerprint density at radius 1 is 1.06 bits per heavy atom. The molecule has 0 aromatic heterocycles. The van der Waals surface area contributed by atoms with Gasteiger partial charge in [-0.1, -0.05) is 59.5 Å². The Morgan fingerprint density at radius 3 is 2.06 bits per heavy atom. The van der Waals surface area contributed by atoms with Crippen LogP contribution in [-0.4, -0.2) is 0 Å². The highest BCUT2D eigenvalue weighted by Crippen LogP contribution is 2.35. The summed E-state index contributed by atoms with van der Waals surface area (Å²) in [6.45, 7) is 18.1. The van der Waals surface area contributed by atoms with Crippen LogP contribution in [0.2, 0.25) is 0 Å². The van der Waals surface area contributed by atoms with Crippen molar-refractivity contribution in [2.24, 2.45) is 23.7 Å². The maximum Gasteiger partial charge on any atom is -0.0326 e. The minimum atomic E-state index is 0.815. The van der Waals surface area contributed by atoms with Crippen molar-refractivity contribution in [2.75, 3.05) is 0 Å². The summed E-state index contributed by atoms with van der Waals surface area (Å²) >= 11 is 0. The van der Waals surface area contributed by atoms with Gasteiger partial charge in [0.25, 0.3) is 0 Å². The number of allylic oxidation sites excluding steroid dienone is 1. The molecule has 0 fully saturated rings. The van der Waals surface area contributed by atoms with Gasteiger partial charge in [-0.2, -0.15) is 0 Å². The Labute approximate surface area is 116 Å². The SMILES string of the molecule is C=C(C)CCCC(CCC)C(CC)C(C)C(C)C. The van der Waals surface area contributed by atoms with Gasteiger partial charge in [-0.15, -0.1) is 6.58 Å². The Morgan fingerprint density at radius 2 is 1.67 bits per heavy atom. The van der Waals surface area contributed by atoms with Crippen LogP contribution in [0.15, 0.2) is 12.2 Å². The average molecular weight is 252 g/mol. The second-order valence-corrected chi connectivity index (χ2v) is 6.57. The molecule has 18 heavy (non-hydrogen) atoms. The Balaban J connectivity index is 4.46. The summed E-state index contributed by atoms with van der Waals surface area (Å²) in [6.07, 6.45) is 8.03. The highest BCUT2D eigenvalue weighted by Gasteiger charge is 2.26. The molecule has 3 atom stereocenters. The lowest BCUT2D eigenvalue weighted by Gasteiger charge is -2.33. The van der Waals surface area contributed by atoms with E-state index in [2.05, 4.69) is 48.1 Å². The quantitative estimate of drug-likeness (QED) is 0.391. The van der Waals surface area contributed by atoms with Gasteiger partial charge in [-0.3, -0.25) is 0 Å². The molecule has 0 aliphatic rings. The molecule has 0 N–H and O–H groups in total. The standard InChI is InChI=1S/C18H36/c1-8-11-17(13-10-12-14(3)4)18(9-2)16(7)15(5)6/h15-18H,3,8-13H2,1-2,4-7H3. The van der Waals surface area contributed by atoms with E-state index in [4.69, 9.17) is 0 Å². The number of hydrogen-bond donors (Lipinski definition) is 0. The first kappa shape index (κ1) is 17.7. The predicted octanol–water partition coefficient (Wildman–Crippen LogP) is 6.47.